The molecule has 5 rings (SSSR count). The number of thioether (sulfide) groups is 1. The predicted molar refractivity (Wildman–Crippen MR) is 119 cm³/mol. The molecule has 2 aromatic carbocycles. The number of amides is 1. The number of fused-ring (bicyclic) bond motifs is 1. The first-order valence-electron chi connectivity index (χ1n) is 9.69. The number of aromatic nitrogens is 1. The zero-order valence-corrected chi connectivity index (χ0v) is 17.4. The molecule has 6 heteroatoms. The van der Waals surface area contributed by atoms with Crippen LogP contribution in [0.3, 0.4) is 0 Å². The maximum Gasteiger partial charge on any atom is 0.253 e. The molecule has 2 aromatic heterocycles. The van der Waals surface area contributed by atoms with Gasteiger partial charge < -0.3 is 9.42 Å². The lowest BCUT2D eigenvalue weighted by Gasteiger charge is -2.20. The van der Waals surface area contributed by atoms with E-state index in [9.17, 15) is 4.79 Å². The number of nitrogens with zero attached hydrogens (tertiary/aromatic N) is 2. The molecule has 4 aromatic rings. The lowest BCUT2D eigenvalue weighted by Crippen LogP contribution is -2.32. The first-order chi connectivity index (χ1) is 14.3. The van der Waals surface area contributed by atoms with Gasteiger partial charge in [0.2, 0.25) is 0 Å². The quantitative estimate of drug-likeness (QED) is 0.415. The van der Waals surface area contributed by atoms with Gasteiger partial charge in [-0.15, -0.1) is 11.3 Å². The van der Waals surface area contributed by atoms with Crippen LogP contribution in [0.4, 0.5) is 0 Å². The van der Waals surface area contributed by atoms with Gasteiger partial charge in [0.1, 0.15) is 5.52 Å². The summed E-state index contributed by atoms with van der Waals surface area (Å²) in [4.78, 5) is 16.6. The van der Waals surface area contributed by atoms with Crippen molar-refractivity contribution in [2.75, 3.05) is 18.8 Å². The zero-order chi connectivity index (χ0) is 19.6. The minimum absolute atomic E-state index is 0.0829. The van der Waals surface area contributed by atoms with Crippen LogP contribution in [-0.2, 0) is 0 Å². The topological polar surface area (TPSA) is 46.3 Å². The van der Waals surface area contributed by atoms with Gasteiger partial charge in [0.05, 0.1) is 5.39 Å². The second-order valence-corrected chi connectivity index (χ2v) is 9.36. The molecule has 0 spiro atoms. The molecule has 0 radical (unpaired) electrons. The Bertz CT molecular complexity index is 1120. The van der Waals surface area contributed by atoms with Crippen molar-refractivity contribution < 1.29 is 9.32 Å². The average molecular weight is 421 g/mol. The lowest BCUT2D eigenvalue weighted by atomic mass is 10.1. The summed E-state index contributed by atoms with van der Waals surface area (Å²) in [5.41, 5.74) is 2.42. The largest absolute Gasteiger partial charge is 0.355 e. The van der Waals surface area contributed by atoms with Gasteiger partial charge in [0, 0.05) is 40.1 Å². The Morgan fingerprint density at radius 1 is 1.07 bits per heavy atom. The number of thiophene rings is 1. The van der Waals surface area contributed by atoms with E-state index in [0.717, 1.165) is 41.7 Å². The summed E-state index contributed by atoms with van der Waals surface area (Å²) in [5, 5.41) is 7.65. The summed E-state index contributed by atoms with van der Waals surface area (Å²) >= 11 is 3.76. The Morgan fingerprint density at radius 3 is 2.79 bits per heavy atom. The molecule has 146 valence electrons. The Kier molecular flexibility index (Phi) is 5.12. The van der Waals surface area contributed by atoms with Crippen molar-refractivity contribution in [2.45, 2.75) is 11.7 Å². The predicted octanol–water partition coefficient (Wildman–Crippen LogP) is 5.88. The maximum absolute atomic E-state index is 13.2. The van der Waals surface area contributed by atoms with Crippen LogP contribution in [0.1, 0.15) is 26.9 Å². The van der Waals surface area contributed by atoms with Gasteiger partial charge in [0.25, 0.3) is 5.91 Å². The van der Waals surface area contributed by atoms with E-state index in [4.69, 9.17) is 4.52 Å². The van der Waals surface area contributed by atoms with Crippen molar-refractivity contribution in [3.05, 3.63) is 76.5 Å². The summed E-state index contributed by atoms with van der Waals surface area (Å²) in [5.74, 6) is 1.75. The van der Waals surface area contributed by atoms with Gasteiger partial charge in [-0.2, -0.15) is 11.8 Å². The number of hydrogen-bond acceptors (Lipinski definition) is 5. The van der Waals surface area contributed by atoms with Gasteiger partial charge in [-0.25, -0.2) is 0 Å². The second kappa shape index (κ2) is 8.05. The van der Waals surface area contributed by atoms with E-state index in [2.05, 4.69) is 22.7 Å². The minimum Gasteiger partial charge on any atom is -0.355 e. The maximum atomic E-state index is 13.2. The number of carbonyl (C=O) groups is 1. The van der Waals surface area contributed by atoms with Crippen molar-refractivity contribution in [3.8, 4) is 11.3 Å². The molecule has 0 N–H and O–H groups in total. The van der Waals surface area contributed by atoms with Crippen LogP contribution in [0, 0.1) is 0 Å². The van der Waals surface area contributed by atoms with E-state index in [-0.39, 0.29) is 5.91 Å². The fourth-order valence-corrected chi connectivity index (χ4v) is 5.97. The molecule has 3 heterocycles. The molecule has 29 heavy (non-hydrogen) atoms. The summed E-state index contributed by atoms with van der Waals surface area (Å²) in [6, 6.07) is 19.8. The molecule has 1 saturated heterocycles. The Hall–Kier alpha value is -2.57. The standard InChI is InChI=1S/C23H20N2O2S2/c26-23(25-11-10-21(29-14-12-25)20-7-4-13-28-20)17-8-9-19-18(15-17)22(27-24-19)16-5-2-1-3-6-16/h1-9,13,15,21H,10-12,14H2/t21-/m0/s1. The SMILES string of the molecule is O=C(c1ccc2noc(-c3ccccc3)c2c1)N1CCS[C@H](c2cccs2)CC1. The van der Waals surface area contributed by atoms with E-state index >= 15 is 0 Å². The molecular formula is C23H20N2O2S2. The Balaban J connectivity index is 1.39. The molecule has 4 nitrogen and oxygen atoms in total. The van der Waals surface area contributed by atoms with Crippen LogP contribution in [0.5, 0.6) is 0 Å². The molecule has 0 saturated carbocycles. The second-order valence-electron chi connectivity index (χ2n) is 7.07. The molecule has 0 aliphatic carbocycles. The first-order valence-corrected chi connectivity index (χ1v) is 11.6. The molecular weight excluding hydrogens is 400 g/mol. The molecule has 1 fully saturated rings. The molecule has 1 aliphatic rings. The summed E-state index contributed by atoms with van der Waals surface area (Å²) < 4.78 is 5.58. The van der Waals surface area contributed by atoms with Gasteiger partial charge in [-0.05, 0) is 36.1 Å². The monoisotopic (exact) mass is 420 g/mol. The highest BCUT2D eigenvalue weighted by Gasteiger charge is 2.24. The van der Waals surface area contributed by atoms with Gasteiger partial charge in [-0.3, -0.25) is 4.79 Å². The number of hydrogen-bond donors (Lipinski definition) is 0. The molecule has 0 bridgehead atoms. The normalized spacial score (nSPS) is 17.4. The van der Waals surface area contributed by atoms with E-state index < -0.39 is 0 Å². The smallest absolute Gasteiger partial charge is 0.253 e. The average Bonchev–Trinajstić information content (AvgIpc) is 3.38. The minimum atomic E-state index is 0.0829. The van der Waals surface area contributed by atoms with Crippen LogP contribution in [-0.4, -0.2) is 34.8 Å². The van der Waals surface area contributed by atoms with Crippen molar-refractivity contribution in [3.63, 3.8) is 0 Å². The van der Waals surface area contributed by atoms with Crippen LogP contribution in [0.15, 0.2) is 70.6 Å². The van der Waals surface area contributed by atoms with Crippen molar-refractivity contribution >= 4 is 39.9 Å². The van der Waals surface area contributed by atoms with Gasteiger partial charge in [-0.1, -0.05) is 41.6 Å². The van der Waals surface area contributed by atoms with E-state index in [1.807, 2.05) is 65.2 Å². The third kappa shape index (κ3) is 3.70. The van der Waals surface area contributed by atoms with Gasteiger partial charge >= 0.3 is 0 Å². The molecule has 0 unspecified atom stereocenters. The highest BCUT2D eigenvalue weighted by atomic mass is 32.2. The van der Waals surface area contributed by atoms with Crippen LogP contribution >= 0.6 is 23.1 Å². The number of carbonyl (C=O) groups excluding carboxylic acids is 1. The molecule has 1 aliphatic heterocycles. The summed E-state index contributed by atoms with van der Waals surface area (Å²) in [6.45, 7) is 1.56. The van der Waals surface area contributed by atoms with Crippen LogP contribution < -0.4 is 0 Å². The van der Waals surface area contributed by atoms with Crippen molar-refractivity contribution in [1.29, 1.82) is 0 Å². The molecule has 1 atom stereocenters. The Morgan fingerprint density at radius 2 is 1.97 bits per heavy atom. The zero-order valence-electron chi connectivity index (χ0n) is 15.8. The fourth-order valence-electron chi connectivity index (χ4n) is 3.73. The van der Waals surface area contributed by atoms with Gasteiger partial charge in [0.15, 0.2) is 5.76 Å². The lowest BCUT2D eigenvalue weighted by molar-refractivity contribution is 0.0767. The van der Waals surface area contributed by atoms with E-state index in [0.29, 0.717) is 16.6 Å². The summed E-state index contributed by atoms with van der Waals surface area (Å²) in [7, 11) is 0. The number of rotatable bonds is 3. The van der Waals surface area contributed by atoms with Crippen LogP contribution in [0.2, 0.25) is 0 Å². The van der Waals surface area contributed by atoms with Crippen molar-refractivity contribution in [2.24, 2.45) is 0 Å². The van der Waals surface area contributed by atoms with E-state index in [1.165, 1.54) is 4.88 Å². The highest BCUT2D eigenvalue weighted by Crippen LogP contribution is 2.37. The number of benzene rings is 2. The third-order valence-electron chi connectivity index (χ3n) is 5.25. The van der Waals surface area contributed by atoms with Crippen molar-refractivity contribution in [1.82, 2.24) is 10.1 Å². The summed E-state index contributed by atoms with van der Waals surface area (Å²) in [6.07, 6.45) is 0.988. The third-order valence-corrected chi connectivity index (χ3v) is 7.69. The molecule has 1 amide bonds. The first kappa shape index (κ1) is 18.5. The van der Waals surface area contributed by atoms with Crippen LogP contribution in [0.25, 0.3) is 22.2 Å². The fraction of sp³-hybridized carbons (Fsp3) is 0.217. The Labute approximate surface area is 177 Å². The van der Waals surface area contributed by atoms with E-state index in [1.54, 1.807) is 11.3 Å². The highest BCUT2D eigenvalue weighted by molar-refractivity contribution is 7.99.